The Kier molecular flexibility index (Phi) is 6.49. The van der Waals surface area contributed by atoms with Crippen LogP contribution in [0.15, 0.2) is 34.3 Å². The number of nitrogens with zero attached hydrogens (tertiary/aromatic N) is 1. The Morgan fingerprint density at radius 1 is 1.43 bits per heavy atom. The molecule has 0 saturated heterocycles. The van der Waals surface area contributed by atoms with Crippen molar-refractivity contribution in [2.24, 2.45) is 0 Å². The van der Waals surface area contributed by atoms with Crippen molar-refractivity contribution in [3.8, 4) is 0 Å². The summed E-state index contributed by atoms with van der Waals surface area (Å²) in [7, 11) is 2.16. The van der Waals surface area contributed by atoms with Crippen molar-refractivity contribution in [2.45, 2.75) is 45.8 Å². The lowest BCUT2D eigenvalue weighted by Crippen LogP contribution is -2.30. The quantitative estimate of drug-likeness (QED) is 0.712. The Balaban J connectivity index is 1.80. The van der Waals surface area contributed by atoms with Gasteiger partial charge < -0.3 is 9.73 Å². The first kappa shape index (κ1) is 16.3. The fraction of sp³-hybridized carbons (Fsp3) is 0.529. The summed E-state index contributed by atoms with van der Waals surface area (Å²) in [6.45, 7) is 7.26. The maximum atomic E-state index is 5.67. The fourth-order valence-corrected chi connectivity index (χ4v) is 3.12. The molecule has 2 heterocycles. The van der Waals surface area contributed by atoms with Gasteiger partial charge in [-0.3, -0.25) is 4.90 Å². The molecule has 0 saturated carbocycles. The molecule has 0 radical (unpaired) electrons. The summed E-state index contributed by atoms with van der Waals surface area (Å²) in [5.74, 6) is 1.05. The maximum Gasteiger partial charge on any atom is 0.118 e. The van der Waals surface area contributed by atoms with E-state index in [1.807, 2.05) is 17.6 Å². The predicted molar refractivity (Wildman–Crippen MR) is 89.7 cm³/mol. The molecule has 0 aromatic carbocycles. The first-order valence-corrected chi connectivity index (χ1v) is 8.56. The largest absolute Gasteiger partial charge is 0.468 e. The van der Waals surface area contributed by atoms with Gasteiger partial charge in [0.2, 0.25) is 0 Å². The minimum Gasteiger partial charge on any atom is -0.468 e. The molecule has 0 aliphatic carbocycles. The molecule has 4 heteroatoms. The van der Waals surface area contributed by atoms with Gasteiger partial charge in [0, 0.05) is 23.0 Å². The first-order valence-electron chi connectivity index (χ1n) is 7.68. The third kappa shape index (κ3) is 5.30. The van der Waals surface area contributed by atoms with E-state index >= 15 is 0 Å². The van der Waals surface area contributed by atoms with Crippen LogP contribution < -0.4 is 5.32 Å². The molecule has 21 heavy (non-hydrogen) atoms. The second kappa shape index (κ2) is 8.37. The minimum absolute atomic E-state index is 0.510. The van der Waals surface area contributed by atoms with Crippen LogP contribution in [0, 0.1) is 0 Å². The number of thiophene rings is 1. The van der Waals surface area contributed by atoms with Gasteiger partial charge in [-0.25, -0.2) is 0 Å². The van der Waals surface area contributed by atoms with Crippen molar-refractivity contribution >= 4 is 11.3 Å². The number of hydrogen-bond donors (Lipinski definition) is 1. The Labute approximate surface area is 132 Å². The summed E-state index contributed by atoms with van der Waals surface area (Å²) in [5.41, 5.74) is 1.23. The average molecular weight is 306 g/mol. The Morgan fingerprint density at radius 2 is 2.29 bits per heavy atom. The highest BCUT2D eigenvalue weighted by Gasteiger charge is 2.13. The van der Waals surface area contributed by atoms with Gasteiger partial charge >= 0.3 is 0 Å². The van der Waals surface area contributed by atoms with Crippen molar-refractivity contribution in [1.29, 1.82) is 0 Å². The zero-order valence-corrected chi connectivity index (χ0v) is 14.1. The van der Waals surface area contributed by atoms with Crippen LogP contribution in [0.1, 0.15) is 36.5 Å². The molecule has 1 N–H and O–H groups in total. The molecule has 0 spiro atoms. The normalized spacial score (nSPS) is 13.0. The third-order valence-corrected chi connectivity index (χ3v) is 4.60. The molecule has 1 unspecified atom stereocenters. The van der Waals surface area contributed by atoms with Crippen LogP contribution in [0.4, 0.5) is 0 Å². The number of nitrogens with one attached hydrogen (secondary N) is 1. The summed E-state index contributed by atoms with van der Waals surface area (Å²) < 4.78 is 5.67. The summed E-state index contributed by atoms with van der Waals surface area (Å²) >= 11 is 1.83. The molecular formula is C17H26N2OS. The standard InChI is InChI=1S/C17H26N2OS/c1-4-7-18-11-15-10-16(20-13-15)12-19(3)14(2)9-17-6-5-8-21-17/h5-6,8,10,13-14,18H,4,7,9,11-12H2,1-3H3. The van der Waals surface area contributed by atoms with Crippen LogP contribution in [-0.2, 0) is 19.5 Å². The van der Waals surface area contributed by atoms with Crippen LogP contribution in [0.2, 0.25) is 0 Å². The van der Waals surface area contributed by atoms with E-state index in [0.29, 0.717) is 6.04 Å². The van der Waals surface area contributed by atoms with Gasteiger partial charge in [0.05, 0.1) is 12.8 Å². The predicted octanol–water partition coefficient (Wildman–Crippen LogP) is 3.90. The van der Waals surface area contributed by atoms with Gasteiger partial charge in [0.1, 0.15) is 5.76 Å². The van der Waals surface area contributed by atoms with Crippen molar-refractivity contribution in [3.63, 3.8) is 0 Å². The van der Waals surface area contributed by atoms with E-state index in [9.17, 15) is 0 Å². The molecule has 0 aliphatic heterocycles. The van der Waals surface area contributed by atoms with E-state index in [1.165, 1.54) is 10.4 Å². The molecule has 2 aromatic rings. The zero-order valence-electron chi connectivity index (χ0n) is 13.3. The molecular weight excluding hydrogens is 280 g/mol. The Bertz CT molecular complexity index is 507. The smallest absolute Gasteiger partial charge is 0.118 e. The van der Waals surface area contributed by atoms with Crippen molar-refractivity contribution in [3.05, 3.63) is 46.0 Å². The SMILES string of the molecule is CCCNCc1coc(CN(C)C(C)Cc2cccs2)c1. The summed E-state index contributed by atoms with van der Waals surface area (Å²) in [6.07, 6.45) is 4.13. The van der Waals surface area contributed by atoms with E-state index in [0.717, 1.165) is 38.2 Å². The molecule has 2 rings (SSSR count). The molecule has 3 nitrogen and oxygen atoms in total. The van der Waals surface area contributed by atoms with E-state index < -0.39 is 0 Å². The van der Waals surface area contributed by atoms with Crippen LogP contribution in [-0.4, -0.2) is 24.5 Å². The fourth-order valence-electron chi connectivity index (χ4n) is 2.29. The second-order valence-electron chi connectivity index (χ2n) is 5.65. The zero-order chi connectivity index (χ0) is 15.1. The molecule has 1 atom stereocenters. The van der Waals surface area contributed by atoms with Gasteiger partial charge in [0.25, 0.3) is 0 Å². The molecule has 116 valence electrons. The lowest BCUT2D eigenvalue weighted by Gasteiger charge is -2.23. The molecule has 0 aliphatic rings. The number of hydrogen-bond acceptors (Lipinski definition) is 4. The van der Waals surface area contributed by atoms with Gasteiger partial charge in [-0.2, -0.15) is 0 Å². The molecule has 0 amide bonds. The lowest BCUT2D eigenvalue weighted by atomic mass is 10.2. The van der Waals surface area contributed by atoms with Crippen LogP contribution in [0.25, 0.3) is 0 Å². The van der Waals surface area contributed by atoms with Gasteiger partial charge in [0.15, 0.2) is 0 Å². The van der Waals surface area contributed by atoms with Crippen LogP contribution >= 0.6 is 11.3 Å². The topological polar surface area (TPSA) is 28.4 Å². The average Bonchev–Trinajstić information content (AvgIpc) is 3.11. The Morgan fingerprint density at radius 3 is 3.00 bits per heavy atom. The molecule has 2 aromatic heterocycles. The number of rotatable bonds is 9. The Hall–Kier alpha value is -1.10. The maximum absolute atomic E-state index is 5.67. The highest BCUT2D eigenvalue weighted by Crippen LogP contribution is 2.16. The van der Waals surface area contributed by atoms with Crippen LogP contribution in [0.5, 0.6) is 0 Å². The lowest BCUT2D eigenvalue weighted by molar-refractivity contribution is 0.229. The van der Waals surface area contributed by atoms with Gasteiger partial charge in [-0.1, -0.05) is 13.0 Å². The van der Waals surface area contributed by atoms with E-state index in [4.69, 9.17) is 4.42 Å². The minimum atomic E-state index is 0.510. The highest BCUT2D eigenvalue weighted by molar-refractivity contribution is 7.09. The van der Waals surface area contributed by atoms with E-state index in [-0.39, 0.29) is 0 Å². The second-order valence-corrected chi connectivity index (χ2v) is 6.68. The summed E-state index contributed by atoms with van der Waals surface area (Å²) in [5, 5.41) is 5.54. The van der Waals surface area contributed by atoms with E-state index in [1.54, 1.807) is 0 Å². The van der Waals surface area contributed by atoms with Crippen molar-refractivity contribution < 1.29 is 4.42 Å². The molecule has 0 fully saturated rings. The highest BCUT2D eigenvalue weighted by atomic mass is 32.1. The van der Waals surface area contributed by atoms with Crippen molar-refractivity contribution in [1.82, 2.24) is 10.2 Å². The van der Waals surface area contributed by atoms with Crippen molar-refractivity contribution in [2.75, 3.05) is 13.6 Å². The first-order chi connectivity index (χ1) is 10.2. The number of furan rings is 1. The third-order valence-electron chi connectivity index (χ3n) is 3.70. The monoisotopic (exact) mass is 306 g/mol. The number of likely N-dealkylation sites (N-methyl/N-ethyl adjacent to an activating group) is 1. The van der Waals surface area contributed by atoms with Gasteiger partial charge in [-0.05, 0) is 50.9 Å². The van der Waals surface area contributed by atoms with Crippen LogP contribution in [0.3, 0.4) is 0 Å². The van der Waals surface area contributed by atoms with Gasteiger partial charge in [-0.15, -0.1) is 11.3 Å². The summed E-state index contributed by atoms with van der Waals surface area (Å²) in [6, 6.07) is 7.00. The molecule has 0 bridgehead atoms. The van der Waals surface area contributed by atoms with E-state index in [2.05, 4.69) is 54.7 Å². The summed E-state index contributed by atoms with van der Waals surface area (Å²) in [4.78, 5) is 3.79.